The van der Waals surface area contributed by atoms with Crippen LogP contribution in [-0.4, -0.2) is 28.9 Å². The van der Waals surface area contributed by atoms with Gasteiger partial charge < -0.3 is 11.1 Å². The molecule has 1 rings (SSSR count). The quantitative estimate of drug-likeness (QED) is 0.817. The average molecular weight is 239 g/mol. The number of nitrogens with two attached hydrogens (primary N) is 1. The van der Waals surface area contributed by atoms with Crippen molar-refractivity contribution in [3.8, 4) is 0 Å². The first-order valence-corrected chi connectivity index (χ1v) is 6.53. The predicted molar refractivity (Wildman–Crippen MR) is 68.6 cm³/mol. The fourth-order valence-corrected chi connectivity index (χ4v) is 1.87. The summed E-state index contributed by atoms with van der Waals surface area (Å²) in [4.78, 5) is 15.7. The molecule has 0 aliphatic heterocycles. The molecular weight excluding hydrogens is 222 g/mol. The van der Waals surface area contributed by atoms with E-state index in [9.17, 15) is 4.79 Å². The van der Waals surface area contributed by atoms with Crippen molar-refractivity contribution < 1.29 is 4.79 Å². The molecule has 0 aliphatic rings. The molecule has 1 amide bonds. The molecule has 0 bridgehead atoms. The molecule has 88 valence electrons. The number of rotatable bonds is 5. The summed E-state index contributed by atoms with van der Waals surface area (Å²) in [6.07, 6.45) is 6.06. The lowest BCUT2D eigenvalue weighted by Gasteiger charge is -2.13. The maximum absolute atomic E-state index is 11.8. The van der Waals surface area contributed by atoms with Crippen LogP contribution in [0.3, 0.4) is 0 Å². The van der Waals surface area contributed by atoms with Crippen molar-refractivity contribution in [3.63, 3.8) is 0 Å². The lowest BCUT2D eigenvalue weighted by Crippen LogP contribution is -2.33. The van der Waals surface area contributed by atoms with Gasteiger partial charge in [0.25, 0.3) is 5.91 Å². The van der Waals surface area contributed by atoms with Crippen molar-refractivity contribution in [3.05, 3.63) is 24.0 Å². The Morgan fingerprint density at radius 1 is 1.69 bits per heavy atom. The van der Waals surface area contributed by atoms with Gasteiger partial charge in [0.15, 0.2) is 0 Å². The fraction of sp³-hybridized carbons (Fsp3) is 0.455. The molecule has 1 atom stereocenters. The zero-order valence-electron chi connectivity index (χ0n) is 9.56. The summed E-state index contributed by atoms with van der Waals surface area (Å²) < 4.78 is 0. The second-order valence-electron chi connectivity index (χ2n) is 3.62. The Balaban J connectivity index is 2.56. The number of hydrogen-bond donors (Lipinski definition) is 2. The summed E-state index contributed by atoms with van der Waals surface area (Å²) in [5.74, 6) is 0.904. The smallest absolute Gasteiger partial charge is 0.253 e. The Morgan fingerprint density at radius 3 is 3.06 bits per heavy atom. The molecule has 1 heterocycles. The maximum Gasteiger partial charge on any atom is 0.253 e. The second-order valence-corrected chi connectivity index (χ2v) is 4.60. The second kappa shape index (κ2) is 6.37. The van der Waals surface area contributed by atoms with Gasteiger partial charge >= 0.3 is 0 Å². The molecule has 1 aromatic heterocycles. The van der Waals surface area contributed by atoms with Crippen molar-refractivity contribution in [2.24, 2.45) is 0 Å². The Kier molecular flexibility index (Phi) is 5.11. The zero-order chi connectivity index (χ0) is 12.0. The number of nitrogen functional groups attached to an aromatic ring is 1. The molecule has 4 nitrogen and oxygen atoms in total. The van der Waals surface area contributed by atoms with Crippen molar-refractivity contribution >= 4 is 23.4 Å². The van der Waals surface area contributed by atoms with Gasteiger partial charge in [-0.15, -0.1) is 0 Å². The SMILES string of the molecule is CSCCC(C)NC(=O)c1ccncc1N. The molecular formula is C11H17N3OS. The van der Waals surface area contributed by atoms with E-state index in [1.165, 1.54) is 6.20 Å². The molecule has 0 saturated carbocycles. The maximum atomic E-state index is 11.8. The van der Waals surface area contributed by atoms with Crippen LogP contribution in [0, 0.1) is 0 Å². The van der Waals surface area contributed by atoms with Crippen LogP contribution in [0.1, 0.15) is 23.7 Å². The number of pyridine rings is 1. The third-order valence-corrected chi connectivity index (χ3v) is 2.87. The third-order valence-electron chi connectivity index (χ3n) is 2.23. The summed E-state index contributed by atoms with van der Waals surface area (Å²) in [7, 11) is 0. The molecule has 1 unspecified atom stereocenters. The van der Waals surface area contributed by atoms with Crippen molar-refractivity contribution in [2.75, 3.05) is 17.7 Å². The minimum absolute atomic E-state index is 0.131. The average Bonchev–Trinajstić information content (AvgIpc) is 2.26. The first-order valence-electron chi connectivity index (χ1n) is 5.14. The molecule has 0 aliphatic carbocycles. The van der Waals surface area contributed by atoms with Crippen LogP contribution in [0.2, 0.25) is 0 Å². The minimum Gasteiger partial charge on any atom is -0.397 e. The van der Waals surface area contributed by atoms with Crippen LogP contribution in [0.4, 0.5) is 5.69 Å². The van der Waals surface area contributed by atoms with E-state index < -0.39 is 0 Å². The van der Waals surface area contributed by atoms with Crippen LogP contribution in [0.5, 0.6) is 0 Å². The molecule has 0 spiro atoms. The predicted octanol–water partition coefficient (Wildman–Crippen LogP) is 1.54. The Labute approximate surface area is 100 Å². The van der Waals surface area contributed by atoms with E-state index in [2.05, 4.69) is 16.6 Å². The van der Waals surface area contributed by atoms with Gasteiger partial charge in [0, 0.05) is 12.2 Å². The first-order chi connectivity index (χ1) is 7.65. The van der Waals surface area contributed by atoms with Crippen molar-refractivity contribution in [1.82, 2.24) is 10.3 Å². The van der Waals surface area contributed by atoms with E-state index in [0.717, 1.165) is 12.2 Å². The van der Waals surface area contributed by atoms with Gasteiger partial charge in [-0.2, -0.15) is 11.8 Å². The van der Waals surface area contributed by atoms with Gasteiger partial charge in [-0.1, -0.05) is 0 Å². The largest absolute Gasteiger partial charge is 0.397 e. The molecule has 0 aromatic carbocycles. The number of anilines is 1. The van der Waals surface area contributed by atoms with Gasteiger partial charge in [-0.3, -0.25) is 9.78 Å². The summed E-state index contributed by atoms with van der Waals surface area (Å²) in [6, 6.07) is 1.79. The molecule has 0 saturated heterocycles. The van der Waals surface area contributed by atoms with Gasteiger partial charge in [-0.05, 0) is 31.4 Å². The molecule has 5 heteroatoms. The summed E-state index contributed by atoms with van der Waals surface area (Å²) in [6.45, 7) is 1.99. The van der Waals surface area contributed by atoms with Gasteiger partial charge in [-0.25, -0.2) is 0 Å². The number of hydrogen-bond acceptors (Lipinski definition) is 4. The number of nitrogens with zero attached hydrogens (tertiary/aromatic N) is 1. The number of nitrogens with one attached hydrogen (secondary N) is 1. The Bertz CT molecular complexity index is 357. The van der Waals surface area contributed by atoms with E-state index in [0.29, 0.717) is 11.3 Å². The van der Waals surface area contributed by atoms with Crippen LogP contribution in [0.15, 0.2) is 18.5 Å². The first kappa shape index (κ1) is 12.8. The van der Waals surface area contributed by atoms with Crippen LogP contribution < -0.4 is 11.1 Å². The highest BCUT2D eigenvalue weighted by molar-refractivity contribution is 7.98. The number of carbonyl (C=O) groups is 1. The van der Waals surface area contributed by atoms with Gasteiger partial charge in [0.05, 0.1) is 17.4 Å². The summed E-state index contributed by atoms with van der Waals surface area (Å²) >= 11 is 1.77. The van der Waals surface area contributed by atoms with Crippen LogP contribution in [-0.2, 0) is 0 Å². The molecule has 3 N–H and O–H groups in total. The lowest BCUT2D eigenvalue weighted by molar-refractivity contribution is 0.0940. The number of aromatic nitrogens is 1. The van der Waals surface area contributed by atoms with Crippen molar-refractivity contribution in [1.29, 1.82) is 0 Å². The third kappa shape index (κ3) is 3.73. The van der Waals surface area contributed by atoms with Gasteiger partial charge in [0.1, 0.15) is 0 Å². The van der Waals surface area contributed by atoms with E-state index >= 15 is 0 Å². The molecule has 0 fully saturated rings. The van der Waals surface area contributed by atoms with E-state index in [4.69, 9.17) is 5.73 Å². The van der Waals surface area contributed by atoms with Crippen LogP contribution >= 0.6 is 11.8 Å². The van der Waals surface area contributed by atoms with Gasteiger partial charge in [0.2, 0.25) is 0 Å². The fourth-order valence-electron chi connectivity index (χ4n) is 1.28. The highest BCUT2D eigenvalue weighted by Crippen LogP contribution is 2.09. The summed E-state index contributed by atoms with van der Waals surface area (Å²) in [5, 5.41) is 2.91. The minimum atomic E-state index is -0.131. The highest BCUT2D eigenvalue weighted by Gasteiger charge is 2.11. The van der Waals surface area contributed by atoms with E-state index in [1.54, 1.807) is 24.0 Å². The van der Waals surface area contributed by atoms with Crippen LogP contribution in [0.25, 0.3) is 0 Å². The normalized spacial score (nSPS) is 12.1. The van der Waals surface area contributed by atoms with E-state index in [1.807, 2.05) is 6.92 Å². The lowest BCUT2D eigenvalue weighted by atomic mass is 10.2. The Morgan fingerprint density at radius 2 is 2.44 bits per heavy atom. The monoisotopic (exact) mass is 239 g/mol. The standard InChI is InChI=1S/C11H17N3OS/c1-8(4-6-16-2)14-11(15)9-3-5-13-7-10(9)12/h3,5,7-8H,4,6,12H2,1-2H3,(H,14,15). The number of thioether (sulfide) groups is 1. The molecule has 0 radical (unpaired) electrons. The number of carbonyl (C=O) groups excluding carboxylic acids is 1. The number of amides is 1. The highest BCUT2D eigenvalue weighted by atomic mass is 32.2. The van der Waals surface area contributed by atoms with Crippen molar-refractivity contribution in [2.45, 2.75) is 19.4 Å². The molecule has 1 aromatic rings. The summed E-state index contributed by atoms with van der Waals surface area (Å²) in [5.41, 5.74) is 6.58. The topological polar surface area (TPSA) is 68.0 Å². The Hall–Kier alpha value is -1.23. The molecule has 16 heavy (non-hydrogen) atoms. The zero-order valence-corrected chi connectivity index (χ0v) is 10.4. The van der Waals surface area contributed by atoms with E-state index in [-0.39, 0.29) is 11.9 Å².